The van der Waals surface area contributed by atoms with Crippen LogP contribution in [0.1, 0.15) is 27.7 Å². The highest BCUT2D eigenvalue weighted by molar-refractivity contribution is 6.60. The number of rotatable bonds is 5. The summed E-state index contributed by atoms with van der Waals surface area (Å²) in [7, 11) is -0.477. The Bertz CT molecular complexity index is 374. The molecular formula is C12H17BN2O2. The molecule has 0 aliphatic heterocycles. The Kier molecular flexibility index (Phi) is 5.14. The summed E-state index contributed by atoms with van der Waals surface area (Å²) in [6.07, 6.45) is 1.64. The second kappa shape index (κ2) is 6.38. The van der Waals surface area contributed by atoms with Gasteiger partial charge in [-0.2, -0.15) is 0 Å². The van der Waals surface area contributed by atoms with Crippen LogP contribution in [0.15, 0.2) is 18.3 Å². The van der Waals surface area contributed by atoms with Gasteiger partial charge in [-0.15, -0.1) is 0 Å². The predicted octanol–water partition coefficient (Wildman–Crippen LogP) is 2.18. The monoisotopic (exact) mass is 232 g/mol. The van der Waals surface area contributed by atoms with Crippen molar-refractivity contribution in [3.05, 3.63) is 29.7 Å². The SMILES string of the molecule is [C-]#[N+]c1ccc(B(OC(C)C)OC(C)C)nc1. The molecule has 0 N–H and O–H groups in total. The van der Waals surface area contributed by atoms with Crippen molar-refractivity contribution in [3.63, 3.8) is 0 Å². The first-order valence-electron chi connectivity index (χ1n) is 5.67. The zero-order valence-electron chi connectivity index (χ0n) is 10.7. The van der Waals surface area contributed by atoms with Crippen molar-refractivity contribution in [2.75, 3.05) is 0 Å². The zero-order valence-corrected chi connectivity index (χ0v) is 10.7. The van der Waals surface area contributed by atoms with Gasteiger partial charge in [0.1, 0.15) is 0 Å². The maximum absolute atomic E-state index is 6.87. The van der Waals surface area contributed by atoms with Gasteiger partial charge >= 0.3 is 7.12 Å². The van der Waals surface area contributed by atoms with E-state index in [2.05, 4.69) is 9.83 Å². The summed E-state index contributed by atoms with van der Waals surface area (Å²) in [6.45, 7) is 14.7. The van der Waals surface area contributed by atoms with Crippen LogP contribution in [0.25, 0.3) is 4.85 Å². The molecule has 0 fully saturated rings. The van der Waals surface area contributed by atoms with Crippen molar-refractivity contribution in [2.24, 2.45) is 0 Å². The van der Waals surface area contributed by atoms with Gasteiger partial charge in [0.15, 0.2) is 0 Å². The molecular weight excluding hydrogens is 215 g/mol. The van der Waals surface area contributed by atoms with E-state index in [1.165, 1.54) is 6.20 Å². The van der Waals surface area contributed by atoms with E-state index in [1.807, 2.05) is 27.7 Å². The second-order valence-electron chi connectivity index (χ2n) is 4.25. The molecule has 0 aromatic carbocycles. The van der Waals surface area contributed by atoms with Crippen LogP contribution in [0.2, 0.25) is 0 Å². The minimum atomic E-state index is -0.477. The Morgan fingerprint density at radius 2 is 1.76 bits per heavy atom. The lowest BCUT2D eigenvalue weighted by Gasteiger charge is -2.18. The summed E-state index contributed by atoms with van der Waals surface area (Å²) in [5, 5.41) is 0. The third-order valence-electron chi connectivity index (χ3n) is 1.93. The summed E-state index contributed by atoms with van der Waals surface area (Å²) in [5.41, 5.74) is 1.21. The van der Waals surface area contributed by atoms with Crippen molar-refractivity contribution < 1.29 is 9.31 Å². The zero-order chi connectivity index (χ0) is 12.8. The van der Waals surface area contributed by atoms with Crippen molar-refractivity contribution in [3.8, 4) is 0 Å². The Labute approximate surface area is 103 Å². The minimum Gasteiger partial charge on any atom is -0.404 e. The van der Waals surface area contributed by atoms with E-state index in [1.54, 1.807) is 12.1 Å². The van der Waals surface area contributed by atoms with Gasteiger partial charge in [0.25, 0.3) is 0 Å². The van der Waals surface area contributed by atoms with E-state index in [9.17, 15) is 0 Å². The molecule has 5 heteroatoms. The molecule has 0 radical (unpaired) electrons. The highest BCUT2D eigenvalue weighted by Crippen LogP contribution is 2.07. The lowest BCUT2D eigenvalue weighted by atomic mass is 9.83. The summed E-state index contributed by atoms with van der Waals surface area (Å²) in [6, 6.07) is 3.48. The molecule has 90 valence electrons. The molecule has 0 saturated carbocycles. The molecule has 0 atom stereocenters. The molecule has 1 aromatic rings. The Morgan fingerprint density at radius 1 is 1.18 bits per heavy atom. The van der Waals surface area contributed by atoms with Crippen molar-refractivity contribution in [1.82, 2.24) is 4.98 Å². The maximum Gasteiger partial charge on any atom is 0.513 e. The number of pyridine rings is 1. The van der Waals surface area contributed by atoms with Gasteiger partial charge < -0.3 is 9.31 Å². The summed E-state index contributed by atoms with van der Waals surface area (Å²) >= 11 is 0. The number of nitrogens with zero attached hydrogens (tertiary/aromatic N) is 2. The van der Waals surface area contributed by atoms with Crippen LogP contribution in [-0.4, -0.2) is 24.3 Å². The Hall–Kier alpha value is -1.38. The standard InChI is InChI=1S/C12H17BN2O2/c1-9(2)16-13(17-10(3)4)12-7-6-11(14-5)8-15-12/h6-10H,1-4H3. The molecule has 0 aliphatic carbocycles. The largest absolute Gasteiger partial charge is 0.513 e. The first-order chi connectivity index (χ1) is 8.02. The van der Waals surface area contributed by atoms with Gasteiger partial charge in [-0.1, -0.05) is 12.1 Å². The van der Waals surface area contributed by atoms with Crippen LogP contribution < -0.4 is 5.59 Å². The van der Waals surface area contributed by atoms with Gasteiger partial charge in [0, 0.05) is 18.4 Å². The lowest BCUT2D eigenvalue weighted by molar-refractivity contribution is 0.138. The van der Waals surface area contributed by atoms with Crippen molar-refractivity contribution in [1.29, 1.82) is 0 Å². The average Bonchev–Trinajstić information content (AvgIpc) is 2.27. The third-order valence-corrected chi connectivity index (χ3v) is 1.93. The molecule has 1 rings (SSSR count). The summed E-state index contributed by atoms with van der Waals surface area (Å²) in [5.74, 6) is 0. The van der Waals surface area contributed by atoms with E-state index in [0.29, 0.717) is 11.3 Å². The molecule has 4 nitrogen and oxygen atoms in total. The number of aromatic nitrogens is 1. The molecule has 0 spiro atoms. The van der Waals surface area contributed by atoms with E-state index in [4.69, 9.17) is 15.9 Å². The van der Waals surface area contributed by atoms with Crippen LogP contribution in [-0.2, 0) is 9.31 Å². The van der Waals surface area contributed by atoms with Crippen LogP contribution >= 0.6 is 0 Å². The minimum absolute atomic E-state index is 0.0566. The van der Waals surface area contributed by atoms with Crippen molar-refractivity contribution >= 4 is 18.4 Å². The molecule has 0 saturated heterocycles. The molecule has 1 aromatic heterocycles. The fourth-order valence-electron chi connectivity index (χ4n) is 1.27. The highest BCUT2D eigenvalue weighted by atomic mass is 16.6. The topological polar surface area (TPSA) is 35.7 Å². The lowest BCUT2D eigenvalue weighted by Crippen LogP contribution is -2.42. The normalized spacial score (nSPS) is 10.6. The molecule has 17 heavy (non-hydrogen) atoms. The average molecular weight is 232 g/mol. The summed E-state index contributed by atoms with van der Waals surface area (Å²) < 4.78 is 11.3. The quantitative estimate of drug-likeness (QED) is 0.576. The Balaban J connectivity index is 2.84. The fourth-order valence-corrected chi connectivity index (χ4v) is 1.27. The highest BCUT2D eigenvalue weighted by Gasteiger charge is 2.25. The molecule has 0 amide bonds. The van der Waals surface area contributed by atoms with Gasteiger partial charge in [-0.05, 0) is 27.7 Å². The fraction of sp³-hybridized carbons (Fsp3) is 0.500. The maximum atomic E-state index is 6.87. The smallest absolute Gasteiger partial charge is 0.404 e. The molecule has 1 heterocycles. The van der Waals surface area contributed by atoms with Gasteiger partial charge in [0.2, 0.25) is 5.69 Å². The first kappa shape index (κ1) is 13.7. The van der Waals surface area contributed by atoms with Gasteiger partial charge in [-0.25, -0.2) is 4.85 Å². The number of hydrogen-bond donors (Lipinski definition) is 0. The van der Waals surface area contributed by atoms with Crippen LogP contribution in [0.5, 0.6) is 0 Å². The molecule has 0 aliphatic rings. The third kappa shape index (κ3) is 4.55. The molecule has 0 unspecified atom stereocenters. The van der Waals surface area contributed by atoms with Gasteiger partial charge in [0.05, 0.1) is 12.2 Å². The van der Waals surface area contributed by atoms with E-state index >= 15 is 0 Å². The second-order valence-corrected chi connectivity index (χ2v) is 4.25. The van der Waals surface area contributed by atoms with Crippen LogP contribution in [0, 0.1) is 6.57 Å². The van der Waals surface area contributed by atoms with E-state index in [0.717, 1.165) is 0 Å². The van der Waals surface area contributed by atoms with Gasteiger partial charge in [-0.3, -0.25) is 4.98 Å². The molecule has 0 bridgehead atoms. The predicted molar refractivity (Wildman–Crippen MR) is 68.3 cm³/mol. The van der Waals surface area contributed by atoms with E-state index in [-0.39, 0.29) is 12.2 Å². The summed E-state index contributed by atoms with van der Waals surface area (Å²) in [4.78, 5) is 7.49. The van der Waals surface area contributed by atoms with Crippen LogP contribution in [0.3, 0.4) is 0 Å². The van der Waals surface area contributed by atoms with Crippen LogP contribution in [0.4, 0.5) is 5.69 Å². The van der Waals surface area contributed by atoms with E-state index < -0.39 is 7.12 Å². The van der Waals surface area contributed by atoms with Crippen molar-refractivity contribution in [2.45, 2.75) is 39.9 Å². The number of hydrogen-bond acceptors (Lipinski definition) is 3. The first-order valence-corrected chi connectivity index (χ1v) is 5.67. The Morgan fingerprint density at radius 3 is 2.12 bits per heavy atom.